The fourth-order valence-electron chi connectivity index (χ4n) is 3.92. The minimum Gasteiger partial charge on any atom is -0.496 e. The van der Waals surface area contributed by atoms with Crippen LogP contribution in [0.2, 0.25) is 5.02 Å². The van der Waals surface area contributed by atoms with Crippen molar-refractivity contribution < 1.29 is 9.53 Å². The Morgan fingerprint density at radius 3 is 2.61 bits per heavy atom. The van der Waals surface area contributed by atoms with E-state index in [4.69, 9.17) is 21.3 Å². The van der Waals surface area contributed by atoms with E-state index >= 15 is 0 Å². The third-order valence-corrected chi connectivity index (χ3v) is 5.81. The average molecular weight is 433 g/mol. The molecule has 1 atom stereocenters. The summed E-state index contributed by atoms with van der Waals surface area (Å²) in [6.45, 7) is 4.12. The lowest BCUT2D eigenvalue weighted by molar-refractivity contribution is -0.117. The van der Waals surface area contributed by atoms with Gasteiger partial charge in [-0.25, -0.2) is 0 Å². The fourth-order valence-corrected chi connectivity index (χ4v) is 4.09. The lowest BCUT2D eigenvalue weighted by Crippen LogP contribution is -2.27. The number of carbonyl (C=O) groups is 1. The molecular formula is C26H25ClN2O2. The highest BCUT2D eigenvalue weighted by Crippen LogP contribution is 2.29. The first-order chi connectivity index (χ1) is 15.0. The minimum atomic E-state index is -0.546. The Hall–Kier alpha value is -3.11. The zero-order chi connectivity index (χ0) is 22.0. The number of hydrogen-bond acceptors (Lipinski definition) is 3. The van der Waals surface area contributed by atoms with Gasteiger partial charge < -0.3 is 10.1 Å². The molecule has 4 rings (SSSR count). The molecule has 0 fully saturated rings. The number of carbonyl (C=O) groups excluding carboxylic acids is 1. The monoisotopic (exact) mass is 432 g/mol. The number of amides is 1. The molecule has 158 valence electrons. The Bertz CT molecular complexity index is 1170. The topological polar surface area (TPSA) is 50.7 Å². The molecule has 0 saturated carbocycles. The molecule has 1 aliphatic heterocycles. The van der Waals surface area contributed by atoms with Gasteiger partial charge in [0.05, 0.1) is 18.5 Å². The third kappa shape index (κ3) is 4.49. The zero-order valence-electron chi connectivity index (χ0n) is 17.9. The second kappa shape index (κ2) is 8.94. The van der Waals surface area contributed by atoms with Gasteiger partial charge >= 0.3 is 0 Å². The van der Waals surface area contributed by atoms with Gasteiger partial charge in [-0.15, -0.1) is 0 Å². The number of nitrogens with zero attached hydrogens (tertiary/aromatic N) is 1. The van der Waals surface area contributed by atoms with E-state index < -0.39 is 6.04 Å². The van der Waals surface area contributed by atoms with E-state index in [1.165, 1.54) is 5.56 Å². The van der Waals surface area contributed by atoms with Crippen LogP contribution in [0.3, 0.4) is 0 Å². The first-order valence-corrected chi connectivity index (χ1v) is 10.8. The molecule has 0 spiro atoms. The second-order valence-corrected chi connectivity index (χ2v) is 8.17. The molecule has 0 aliphatic carbocycles. The van der Waals surface area contributed by atoms with Crippen molar-refractivity contribution in [1.82, 2.24) is 0 Å². The molecule has 31 heavy (non-hydrogen) atoms. The van der Waals surface area contributed by atoms with E-state index in [1.54, 1.807) is 13.2 Å². The number of halogens is 1. The average Bonchev–Trinajstić information content (AvgIpc) is 2.90. The van der Waals surface area contributed by atoms with Gasteiger partial charge in [0.2, 0.25) is 5.91 Å². The van der Waals surface area contributed by atoms with Crippen molar-refractivity contribution in [3.05, 3.63) is 93.5 Å². The highest BCUT2D eigenvalue weighted by Gasteiger charge is 2.26. The number of fused-ring (bicyclic) bond motifs is 1. The highest BCUT2D eigenvalue weighted by molar-refractivity contribution is 6.32. The van der Waals surface area contributed by atoms with Gasteiger partial charge in [0.1, 0.15) is 11.8 Å². The van der Waals surface area contributed by atoms with Crippen LogP contribution in [0, 0.1) is 6.92 Å². The summed E-state index contributed by atoms with van der Waals surface area (Å²) in [6, 6.07) is 19.2. The summed E-state index contributed by atoms with van der Waals surface area (Å²) in [5, 5.41) is 3.65. The van der Waals surface area contributed by atoms with E-state index in [0.29, 0.717) is 17.1 Å². The molecule has 1 N–H and O–H groups in total. The number of nitrogens with one attached hydrogen (secondary N) is 1. The maximum absolute atomic E-state index is 13.1. The zero-order valence-corrected chi connectivity index (χ0v) is 18.7. The number of benzene rings is 3. The molecule has 3 aromatic rings. The SMILES string of the molecule is CCc1cccc(CC2N=C(c3ccc(OC)c(C)c3)c3cc(Cl)ccc3NC2=O)c1. The van der Waals surface area contributed by atoms with E-state index in [2.05, 4.69) is 24.4 Å². The second-order valence-electron chi connectivity index (χ2n) is 7.73. The van der Waals surface area contributed by atoms with Gasteiger partial charge in [-0.1, -0.05) is 42.8 Å². The summed E-state index contributed by atoms with van der Waals surface area (Å²) in [5.74, 6) is 0.692. The molecule has 3 aromatic carbocycles. The maximum Gasteiger partial charge on any atom is 0.249 e. The number of hydrogen-bond donors (Lipinski definition) is 1. The molecule has 5 heteroatoms. The molecule has 1 aliphatic rings. The minimum absolute atomic E-state index is 0.120. The molecule has 0 bridgehead atoms. The van der Waals surface area contributed by atoms with Crippen molar-refractivity contribution in [2.75, 3.05) is 12.4 Å². The molecule has 1 unspecified atom stereocenters. The lowest BCUT2D eigenvalue weighted by Gasteiger charge is -2.13. The van der Waals surface area contributed by atoms with Crippen LogP contribution < -0.4 is 10.1 Å². The molecular weight excluding hydrogens is 408 g/mol. The van der Waals surface area contributed by atoms with Crippen LogP contribution in [-0.2, 0) is 17.6 Å². The van der Waals surface area contributed by atoms with Gasteiger partial charge in [-0.2, -0.15) is 0 Å². The fraction of sp³-hybridized carbons (Fsp3) is 0.231. The Balaban J connectivity index is 1.82. The summed E-state index contributed by atoms with van der Waals surface area (Å²) >= 11 is 6.31. The van der Waals surface area contributed by atoms with Gasteiger partial charge in [0, 0.05) is 22.6 Å². The Labute approximate surface area is 187 Å². The number of aliphatic imine (C=N–C) groups is 1. The molecule has 1 amide bonds. The van der Waals surface area contributed by atoms with Crippen LogP contribution in [0.5, 0.6) is 5.75 Å². The van der Waals surface area contributed by atoms with E-state index in [1.807, 2.05) is 49.4 Å². The first-order valence-electron chi connectivity index (χ1n) is 10.4. The molecule has 4 nitrogen and oxygen atoms in total. The Morgan fingerprint density at radius 1 is 1.06 bits per heavy atom. The van der Waals surface area contributed by atoms with Crippen LogP contribution in [0.25, 0.3) is 0 Å². The van der Waals surface area contributed by atoms with Crippen molar-refractivity contribution in [1.29, 1.82) is 0 Å². The number of benzodiazepines with no additional fused rings is 1. The quantitative estimate of drug-likeness (QED) is 0.568. The van der Waals surface area contributed by atoms with Crippen molar-refractivity contribution >= 4 is 28.9 Å². The van der Waals surface area contributed by atoms with Gasteiger partial charge in [0.25, 0.3) is 0 Å². The highest BCUT2D eigenvalue weighted by atomic mass is 35.5. The van der Waals surface area contributed by atoms with Crippen LogP contribution in [0.15, 0.2) is 65.7 Å². The van der Waals surface area contributed by atoms with Crippen molar-refractivity contribution in [2.24, 2.45) is 4.99 Å². The summed E-state index contributed by atoms with van der Waals surface area (Å²) < 4.78 is 5.41. The van der Waals surface area contributed by atoms with Gasteiger partial charge in [0.15, 0.2) is 0 Å². The number of ether oxygens (including phenoxy) is 1. The largest absolute Gasteiger partial charge is 0.496 e. The first kappa shape index (κ1) is 21.1. The predicted octanol–water partition coefficient (Wildman–Crippen LogP) is 5.62. The lowest BCUT2D eigenvalue weighted by atomic mass is 9.98. The molecule has 1 heterocycles. The van der Waals surface area contributed by atoms with Crippen LogP contribution in [0.1, 0.15) is 34.7 Å². The number of anilines is 1. The summed E-state index contributed by atoms with van der Waals surface area (Å²) in [5.41, 5.74) is 6.54. The summed E-state index contributed by atoms with van der Waals surface area (Å²) in [4.78, 5) is 18.1. The van der Waals surface area contributed by atoms with Crippen LogP contribution >= 0.6 is 11.6 Å². The number of methoxy groups -OCH3 is 1. The van der Waals surface area contributed by atoms with Crippen molar-refractivity contribution in [3.63, 3.8) is 0 Å². The summed E-state index contributed by atoms with van der Waals surface area (Å²) in [6.07, 6.45) is 1.48. The standard InChI is InChI=1S/C26H25ClN2O2/c1-4-17-6-5-7-18(13-17)14-23-26(30)29-22-10-9-20(27)15-21(22)25(28-23)19-8-11-24(31-3)16(2)12-19/h5-13,15,23H,4,14H2,1-3H3,(H,29,30). The van der Waals surface area contributed by atoms with Gasteiger partial charge in [-0.3, -0.25) is 9.79 Å². The van der Waals surface area contributed by atoms with E-state index in [9.17, 15) is 4.79 Å². The molecule has 0 saturated heterocycles. The van der Waals surface area contributed by atoms with Crippen LogP contribution in [0.4, 0.5) is 5.69 Å². The number of aryl methyl sites for hydroxylation is 2. The molecule has 0 radical (unpaired) electrons. The summed E-state index contributed by atoms with van der Waals surface area (Å²) in [7, 11) is 1.66. The Morgan fingerprint density at radius 2 is 1.87 bits per heavy atom. The smallest absolute Gasteiger partial charge is 0.249 e. The van der Waals surface area contributed by atoms with E-state index in [-0.39, 0.29) is 5.91 Å². The van der Waals surface area contributed by atoms with Crippen molar-refractivity contribution in [3.8, 4) is 5.75 Å². The van der Waals surface area contributed by atoms with Crippen LogP contribution in [-0.4, -0.2) is 24.8 Å². The Kier molecular flexibility index (Phi) is 6.10. The normalized spacial score (nSPS) is 15.5. The predicted molar refractivity (Wildman–Crippen MR) is 127 cm³/mol. The maximum atomic E-state index is 13.1. The third-order valence-electron chi connectivity index (χ3n) is 5.58. The van der Waals surface area contributed by atoms with E-state index in [0.717, 1.165) is 40.1 Å². The number of rotatable bonds is 5. The van der Waals surface area contributed by atoms with Crippen molar-refractivity contribution in [2.45, 2.75) is 32.7 Å². The molecule has 0 aromatic heterocycles. The van der Waals surface area contributed by atoms with Gasteiger partial charge in [-0.05, 0) is 66.4 Å².